The number of aliphatic hydroxyl groups excluding tert-OH is 1. The summed E-state index contributed by atoms with van der Waals surface area (Å²) in [4.78, 5) is 25.0. The predicted molar refractivity (Wildman–Crippen MR) is 183 cm³/mol. The summed E-state index contributed by atoms with van der Waals surface area (Å²) in [6.45, 7) is 1.34. The van der Waals surface area contributed by atoms with Crippen LogP contribution < -0.4 is 4.74 Å². The van der Waals surface area contributed by atoms with E-state index in [0.717, 1.165) is 16.7 Å². The Morgan fingerprint density at radius 3 is 1.86 bits per heavy atom. The fraction of sp³-hybridized carbons (Fsp3) is 0.350. The zero-order valence-electron chi connectivity index (χ0n) is 28.8. The van der Waals surface area contributed by atoms with Crippen LogP contribution in [0.5, 0.6) is 5.75 Å². The van der Waals surface area contributed by atoms with Crippen molar-refractivity contribution in [2.45, 2.75) is 82.3 Å². The van der Waals surface area contributed by atoms with Crippen molar-refractivity contribution in [3.05, 3.63) is 138 Å². The maximum atomic E-state index is 13.3. The number of ketones is 2. The molecule has 1 heterocycles. The van der Waals surface area contributed by atoms with E-state index in [2.05, 4.69) is 0 Å². The van der Waals surface area contributed by atoms with Gasteiger partial charge >= 0.3 is 0 Å². The number of aliphatic hydroxyl groups is 2. The third kappa shape index (κ3) is 9.48. The van der Waals surface area contributed by atoms with Crippen molar-refractivity contribution in [1.29, 1.82) is 0 Å². The minimum atomic E-state index is -2.88. The molecule has 9 nitrogen and oxygen atoms in total. The Morgan fingerprint density at radius 1 is 0.776 bits per heavy atom. The Labute approximate surface area is 288 Å². The molecule has 1 aliphatic rings. The summed E-state index contributed by atoms with van der Waals surface area (Å²) in [5.74, 6) is -0.261. The van der Waals surface area contributed by atoms with Gasteiger partial charge < -0.3 is 38.7 Å². The van der Waals surface area contributed by atoms with Crippen molar-refractivity contribution in [2.75, 3.05) is 7.11 Å². The highest BCUT2D eigenvalue weighted by Crippen LogP contribution is 2.41. The number of benzene rings is 4. The SMILES string of the molecule is [2H][C@]1(O)O[C@H](C(O)C(=O)CCC(C)=O)[C@H](OCc2ccccc2)[C@H](OCc2ccccc2)[C@@]1(Cc1ccccc1)OCc1ccc(OC)cc1. The van der Waals surface area contributed by atoms with Crippen molar-refractivity contribution in [3.8, 4) is 5.75 Å². The van der Waals surface area contributed by atoms with Gasteiger partial charge in [0, 0.05) is 19.3 Å². The fourth-order valence-electron chi connectivity index (χ4n) is 5.87. The second-order valence-electron chi connectivity index (χ2n) is 12.2. The van der Waals surface area contributed by atoms with E-state index in [1.54, 1.807) is 19.2 Å². The van der Waals surface area contributed by atoms with Crippen LogP contribution in [0.2, 0.25) is 0 Å². The van der Waals surface area contributed by atoms with Crippen LogP contribution in [0.1, 0.15) is 43.4 Å². The topological polar surface area (TPSA) is 121 Å². The molecule has 1 fully saturated rings. The predicted octanol–water partition coefficient (Wildman–Crippen LogP) is 5.38. The first-order valence-corrected chi connectivity index (χ1v) is 16.3. The lowest BCUT2D eigenvalue weighted by molar-refractivity contribution is -0.361. The van der Waals surface area contributed by atoms with E-state index in [4.69, 9.17) is 23.7 Å². The van der Waals surface area contributed by atoms with Gasteiger partial charge in [0.1, 0.15) is 35.9 Å². The van der Waals surface area contributed by atoms with E-state index >= 15 is 0 Å². The second-order valence-corrected chi connectivity index (χ2v) is 12.2. The molecule has 0 radical (unpaired) electrons. The number of Topliss-reactive ketones (excluding diaryl/α,β-unsaturated/α-hetero) is 2. The first-order valence-electron chi connectivity index (χ1n) is 16.8. The highest BCUT2D eigenvalue weighted by Gasteiger charge is 2.60. The van der Waals surface area contributed by atoms with Gasteiger partial charge in [0.2, 0.25) is 0 Å². The molecule has 4 aromatic carbocycles. The molecular formula is C40H44O9. The van der Waals surface area contributed by atoms with Crippen molar-refractivity contribution >= 4 is 11.6 Å². The summed E-state index contributed by atoms with van der Waals surface area (Å²) in [5, 5.41) is 23.7. The highest BCUT2D eigenvalue weighted by atomic mass is 16.7. The first kappa shape index (κ1) is 34.6. The molecule has 0 spiro atoms. The Bertz CT molecular complexity index is 1650. The van der Waals surface area contributed by atoms with Crippen molar-refractivity contribution < 1.29 is 44.9 Å². The van der Waals surface area contributed by atoms with Gasteiger partial charge in [0.05, 0.1) is 28.3 Å². The van der Waals surface area contributed by atoms with Crippen molar-refractivity contribution in [2.24, 2.45) is 0 Å². The molecule has 4 aromatic rings. The molecule has 2 N–H and O–H groups in total. The van der Waals surface area contributed by atoms with Crippen LogP contribution in [0.25, 0.3) is 0 Å². The van der Waals surface area contributed by atoms with Gasteiger partial charge in [0.25, 0.3) is 0 Å². The molecule has 1 aliphatic heterocycles. The third-order valence-corrected chi connectivity index (χ3v) is 8.58. The van der Waals surface area contributed by atoms with Gasteiger partial charge in [-0.05, 0) is 41.3 Å². The van der Waals surface area contributed by atoms with Crippen LogP contribution in [0.3, 0.4) is 0 Å². The smallest absolute Gasteiger partial charge is 0.187 e. The van der Waals surface area contributed by atoms with Crippen LogP contribution in [0, 0.1) is 0 Å². The van der Waals surface area contributed by atoms with Crippen LogP contribution >= 0.6 is 0 Å². The third-order valence-electron chi connectivity index (χ3n) is 8.58. The molecule has 49 heavy (non-hydrogen) atoms. The summed E-state index contributed by atoms with van der Waals surface area (Å²) in [6.07, 6.45) is -9.20. The molecule has 9 heteroatoms. The van der Waals surface area contributed by atoms with Gasteiger partial charge in [-0.25, -0.2) is 0 Å². The van der Waals surface area contributed by atoms with Gasteiger partial charge in [-0.2, -0.15) is 0 Å². The fourth-order valence-corrected chi connectivity index (χ4v) is 5.87. The molecule has 258 valence electrons. The zero-order valence-corrected chi connectivity index (χ0v) is 27.8. The summed E-state index contributed by atoms with van der Waals surface area (Å²) >= 11 is 0. The van der Waals surface area contributed by atoms with Crippen molar-refractivity contribution in [3.63, 3.8) is 0 Å². The second kappa shape index (κ2) is 17.4. The van der Waals surface area contributed by atoms with Gasteiger partial charge in [-0.15, -0.1) is 0 Å². The maximum Gasteiger partial charge on any atom is 0.187 e. The molecule has 0 bridgehead atoms. The first-order chi connectivity index (χ1) is 24.1. The van der Waals surface area contributed by atoms with Crippen LogP contribution in [-0.4, -0.2) is 65.2 Å². The normalized spacial score (nSPS) is 24.5. The average molecular weight is 670 g/mol. The number of carbonyl (C=O) groups is 2. The molecular weight excluding hydrogens is 624 g/mol. The Balaban J connectivity index is 1.62. The van der Waals surface area contributed by atoms with E-state index in [-0.39, 0.29) is 44.9 Å². The van der Waals surface area contributed by atoms with E-state index in [9.17, 15) is 21.2 Å². The van der Waals surface area contributed by atoms with Crippen LogP contribution in [-0.2, 0) is 54.8 Å². The number of carbonyl (C=O) groups excluding carboxylic acids is 2. The van der Waals surface area contributed by atoms with Crippen LogP contribution in [0.15, 0.2) is 115 Å². The van der Waals surface area contributed by atoms with Crippen LogP contribution in [0.4, 0.5) is 0 Å². The maximum absolute atomic E-state index is 13.3. The quantitative estimate of drug-likeness (QED) is 0.153. The van der Waals surface area contributed by atoms with E-state index in [0.29, 0.717) is 11.3 Å². The minimum absolute atomic E-state index is 0.0241. The molecule has 5 rings (SSSR count). The summed E-state index contributed by atoms with van der Waals surface area (Å²) in [7, 11) is 1.57. The lowest BCUT2D eigenvalue weighted by Crippen LogP contribution is -2.71. The zero-order chi connectivity index (χ0) is 35.6. The minimum Gasteiger partial charge on any atom is -0.497 e. The van der Waals surface area contributed by atoms with Crippen molar-refractivity contribution in [1.82, 2.24) is 0 Å². The number of hydrogen-bond donors (Lipinski definition) is 2. The Morgan fingerprint density at radius 2 is 1.31 bits per heavy atom. The van der Waals surface area contributed by atoms with Gasteiger partial charge in [-0.3, -0.25) is 4.79 Å². The van der Waals surface area contributed by atoms with Gasteiger partial charge in [0.15, 0.2) is 17.7 Å². The van der Waals surface area contributed by atoms with E-state index in [1.807, 2.05) is 103 Å². The Hall–Kier alpha value is -4.22. The molecule has 0 aliphatic carbocycles. The molecule has 0 amide bonds. The van der Waals surface area contributed by atoms with E-state index in [1.165, 1.54) is 6.92 Å². The number of hydrogen-bond acceptors (Lipinski definition) is 9. The van der Waals surface area contributed by atoms with Gasteiger partial charge in [-0.1, -0.05) is 103 Å². The highest BCUT2D eigenvalue weighted by molar-refractivity contribution is 5.88. The molecule has 1 saturated heterocycles. The Kier molecular flexibility index (Phi) is 12.3. The molecule has 1 unspecified atom stereocenters. The lowest BCUT2D eigenvalue weighted by atomic mass is 9.79. The molecule has 0 saturated carbocycles. The lowest BCUT2D eigenvalue weighted by Gasteiger charge is -2.52. The number of ether oxygens (including phenoxy) is 5. The summed E-state index contributed by atoms with van der Waals surface area (Å²) in [5.41, 5.74) is 1.06. The molecule has 6 atom stereocenters. The summed E-state index contributed by atoms with van der Waals surface area (Å²) in [6, 6.07) is 35.1. The standard InChI is InChI=1S/C40H44O9/c1-28(41)18-23-34(42)35(43)36-37(46-25-30-14-8-4-9-15-30)38(47-26-31-16-10-5-11-17-31)40(39(44)49-36,24-29-12-6-3-7-13-29)48-27-32-19-21-33(45-2)22-20-32/h3-17,19-22,35-39,43-44H,18,23-27H2,1-2H3/t35?,36-,37+,38+,39+,40-/m1/s1/i39D. The number of methoxy groups -OCH3 is 1. The summed E-state index contributed by atoms with van der Waals surface area (Å²) < 4.78 is 40.7. The largest absolute Gasteiger partial charge is 0.497 e. The van der Waals surface area contributed by atoms with E-state index < -0.39 is 42.1 Å². The monoisotopic (exact) mass is 669 g/mol. The average Bonchev–Trinajstić information content (AvgIpc) is 3.13. The molecule has 0 aromatic heterocycles. The number of rotatable bonds is 17.